The van der Waals surface area contributed by atoms with Crippen molar-refractivity contribution < 1.29 is 14.3 Å². The highest BCUT2D eigenvalue weighted by Crippen LogP contribution is 2.27. The van der Waals surface area contributed by atoms with Gasteiger partial charge in [0.25, 0.3) is 0 Å². The van der Waals surface area contributed by atoms with Crippen molar-refractivity contribution in [2.75, 3.05) is 17.7 Å². The molecule has 1 amide bonds. The zero-order valence-electron chi connectivity index (χ0n) is 17.0. The second-order valence-electron chi connectivity index (χ2n) is 7.80. The average molecular weight is 414 g/mol. The van der Waals surface area contributed by atoms with Crippen LogP contribution in [0.15, 0.2) is 23.4 Å². The van der Waals surface area contributed by atoms with Crippen LogP contribution in [0.1, 0.15) is 53.0 Å². The molecule has 0 unspecified atom stereocenters. The molecule has 1 fully saturated rings. The number of nitrogens with zero attached hydrogens (tertiary/aromatic N) is 2. The summed E-state index contributed by atoms with van der Waals surface area (Å²) in [6, 6.07) is 5.59. The number of benzene rings is 1. The Kier molecular flexibility index (Phi) is 6.06. The van der Waals surface area contributed by atoms with Gasteiger partial charge in [0.1, 0.15) is 0 Å². The van der Waals surface area contributed by atoms with E-state index in [1.54, 1.807) is 0 Å². The van der Waals surface area contributed by atoms with E-state index >= 15 is 0 Å². The number of hydrogen-bond donors (Lipinski definition) is 1. The smallest absolute Gasteiger partial charge is 0.224 e. The minimum atomic E-state index is 0.0437. The van der Waals surface area contributed by atoms with Crippen LogP contribution in [-0.2, 0) is 22.5 Å². The molecule has 4 rings (SSSR count). The Balaban J connectivity index is 1.45. The predicted molar refractivity (Wildman–Crippen MR) is 114 cm³/mol. The van der Waals surface area contributed by atoms with E-state index in [4.69, 9.17) is 4.74 Å². The van der Waals surface area contributed by atoms with Crippen molar-refractivity contribution in [3.05, 3.63) is 40.7 Å². The van der Waals surface area contributed by atoms with Crippen LogP contribution in [0.2, 0.25) is 0 Å². The Bertz CT molecular complexity index is 932. The summed E-state index contributed by atoms with van der Waals surface area (Å²) >= 11 is 1.49. The maximum atomic E-state index is 12.8. The van der Waals surface area contributed by atoms with Gasteiger partial charge >= 0.3 is 0 Å². The number of fused-ring (bicyclic) bond motifs is 1. The third-order valence-corrected chi connectivity index (χ3v) is 6.69. The highest BCUT2D eigenvalue weighted by Gasteiger charge is 2.21. The number of carbonyl (C=O) groups is 2. The highest BCUT2D eigenvalue weighted by molar-refractivity contribution is 7.99. The predicted octanol–water partition coefficient (Wildman–Crippen LogP) is 3.93. The molecule has 3 heterocycles. The van der Waals surface area contributed by atoms with Crippen molar-refractivity contribution in [1.82, 2.24) is 9.55 Å². The van der Waals surface area contributed by atoms with Crippen LogP contribution >= 0.6 is 11.8 Å². The summed E-state index contributed by atoms with van der Waals surface area (Å²) in [7, 11) is 0. The molecular formula is C22H27N3O3S. The molecule has 0 radical (unpaired) electrons. The number of aromatic nitrogens is 2. The number of ketones is 1. The van der Waals surface area contributed by atoms with Gasteiger partial charge in [0.05, 0.1) is 24.1 Å². The van der Waals surface area contributed by atoms with Crippen LogP contribution in [0.5, 0.6) is 0 Å². The van der Waals surface area contributed by atoms with Crippen molar-refractivity contribution in [3.63, 3.8) is 0 Å². The first kappa shape index (κ1) is 20.2. The third kappa shape index (κ3) is 4.56. The molecule has 1 aromatic carbocycles. The molecule has 0 spiro atoms. The number of hydrogen-bond acceptors (Lipinski definition) is 5. The molecule has 1 saturated heterocycles. The van der Waals surface area contributed by atoms with E-state index in [1.807, 2.05) is 25.1 Å². The van der Waals surface area contributed by atoms with Gasteiger partial charge in [-0.15, -0.1) is 0 Å². The molecule has 2 aromatic rings. The summed E-state index contributed by atoms with van der Waals surface area (Å²) in [5.74, 6) is 0.463. The topological polar surface area (TPSA) is 73.2 Å². The van der Waals surface area contributed by atoms with E-state index in [9.17, 15) is 9.59 Å². The lowest BCUT2D eigenvalue weighted by Gasteiger charge is -2.14. The molecule has 0 bridgehead atoms. The van der Waals surface area contributed by atoms with Gasteiger partial charge in [0.2, 0.25) is 5.91 Å². The second-order valence-corrected chi connectivity index (χ2v) is 8.74. The van der Waals surface area contributed by atoms with Crippen molar-refractivity contribution in [1.29, 1.82) is 0 Å². The monoisotopic (exact) mass is 413 g/mol. The number of carbonyl (C=O) groups excluding carboxylic acids is 2. The molecule has 154 valence electrons. The van der Waals surface area contributed by atoms with Gasteiger partial charge in [0.15, 0.2) is 10.9 Å². The molecule has 0 aliphatic carbocycles. The molecule has 1 atom stereocenters. The normalized spacial score (nSPS) is 19.0. The number of imidazole rings is 1. The minimum absolute atomic E-state index is 0.0437. The molecule has 0 saturated carbocycles. The van der Waals surface area contributed by atoms with Crippen LogP contribution in [0.3, 0.4) is 0 Å². The molecule has 2 aliphatic heterocycles. The SMILES string of the molecule is Cc1nc(SCC(=O)c2ccc3c(c2)CCCC(=O)N3)n(C[C@@H]2CCCO2)c1C. The molecule has 7 heteroatoms. The lowest BCUT2D eigenvalue weighted by Crippen LogP contribution is -2.17. The number of aryl methyl sites for hydroxylation is 2. The van der Waals surface area contributed by atoms with Gasteiger partial charge in [-0.3, -0.25) is 9.59 Å². The number of Topliss-reactive ketones (excluding diaryl/α,β-unsaturated/α-hetero) is 1. The number of nitrogens with one attached hydrogen (secondary N) is 1. The van der Waals surface area contributed by atoms with E-state index in [-0.39, 0.29) is 17.8 Å². The fourth-order valence-electron chi connectivity index (χ4n) is 3.90. The Labute approximate surface area is 175 Å². The molecular weight excluding hydrogens is 386 g/mol. The van der Waals surface area contributed by atoms with Crippen molar-refractivity contribution in [2.24, 2.45) is 0 Å². The Morgan fingerprint density at radius 3 is 2.97 bits per heavy atom. The summed E-state index contributed by atoms with van der Waals surface area (Å²) in [4.78, 5) is 29.2. The van der Waals surface area contributed by atoms with Crippen molar-refractivity contribution >= 4 is 29.1 Å². The quantitative estimate of drug-likeness (QED) is 0.574. The van der Waals surface area contributed by atoms with Gasteiger partial charge in [-0.25, -0.2) is 4.98 Å². The Hall–Kier alpha value is -2.12. The molecule has 2 aliphatic rings. The Morgan fingerprint density at radius 1 is 1.31 bits per heavy atom. The largest absolute Gasteiger partial charge is 0.376 e. The van der Waals surface area contributed by atoms with Gasteiger partial charge in [-0.05, 0) is 63.3 Å². The zero-order chi connectivity index (χ0) is 20.4. The lowest BCUT2D eigenvalue weighted by atomic mass is 10.0. The summed E-state index contributed by atoms with van der Waals surface area (Å²) in [6.07, 6.45) is 4.57. The minimum Gasteiger partial charge on any atom is -0.376 e. The fraction of sp³-hybridized carbons (Fsp3) is 0.500. The van der Waals surface area contributed by atoms with Gasteiger partial charge in [-0.1, -0.05) is 11.8 Å². The summed E-state index contributed by atoms with van der Waals surface area (Å²) in [5.41, 5.74) is 4.70. The average Bonchev–Trinajstić information content (AvgIpc) is 3.25. The van der Waals surface area contributed by atoms with Crippen LogP contribution < -0.4 is 5.32 Å². The molecule has 29 heavy (non-hydrogen) atoms. The van der Waals surface area contributed by atoms with Crippen molar-refractivity contribution in [2.45, 2.75) is 63.8 Å². The molecule has 6 nitrogen and oxygen atoms in total. The zero-order valence-corrected chi connectivity index (χ0v) is 17.8. The van der Waals surface area contributed by atoms with Crippen molar-refractivity contribution in [3.8, 4) is 0 Å². The standard InChI is InChI=1S/C22H27N3O3S/c1-14-15(2)25(12-18-6-4-10-28-18)22(23-14)29-13-20(26)17-8-9-19-16(11-17)5-3-7-21(27)24-19/h8-9,11,18H,3-7,10,12-13H2,1-2H3,(H,24,27)/t18-/m0/s1. The lowest BCUT2D eigenvalue weighted by molar-refractivity contribution is -0.116. The van der Waals surface area contributed by atoms with Crippen LogP contribution in [-0.4, -0.2) is 39.7 Å². The number of anilines is 1. The highest BCUT2D eigenvalue weighted by atomic mass is 32.2. The van der Waals surface area contributed by atoms with E-state index in [0.717, 1.165) is 66.6 Å². The van der Waals surface area contributed by atoms with Gasteiger partial charge in [-0.2, -0.15) is 0 Å². The summed E-state index contributed by atoms with van der Waals surface area (Å²) in [5, 5.41) is 3.80. The van der Waals surface area contributed by atoms with E-state index in [0.29, 0.717) is 17.7 Å². The van der Waals surface area contributed by atoms with Gasteiger partial charge < -0.3 is 14.6 Å². The number of amides is 1. The number of rotatable bonds is 6. The first-order valence-electron chi connectivity index (χ1n) is 10.3. The van der Waals surface area contributed by atoms with E-state index in [2.05, 4.69) is 21.8 Å². The molecule has 1 aromatic heterocycles. The van der Waals surface area contributed by atoms with Crippen LogP contribution in [0.4, 0.5) is 5.69 Å². The fourth-order valence-corrected chi connectivity index (χ4v) is 4.90. The summed E-state index contributed by atoms with van der Waals surface area (Å²) < 4.78 is 7.98. The Morgan fingerprint density at radius 2 is 2.17 bits per heavy atom. The first-order valence-corrected chi connectivity index (χ1v) is 11.2. The maximum Gasteiger partial charge on any atom is 0.224 e. The second kappa shape index (κ2) is 8.71. The number of thioether (sulfide) groups is 1. The van der Waals surface area contributed by atoms with Gasteiger partial charge in [0, 0.05) is 30.0 Å². The third-order valence-electron chi connectivity index (χ3n) is 5.72. The number of ether oxygens (including phenoxy) is 1. The summed E-state index contributed by atoms with van der Waals surface area (Å²) in [6.45, 7) is 5.71. The van der Waals surface area contributed by atoms with E-state index in [1.165, 1.54) is 11.8 Å². The maximum absolute atomic E-state index is 12.8. The van der Waals surface area contributed by atoms with Crippen LogP contribution in [0.25, 0.3) is 0 Å². The first-order chi connectivity index (χ1) is 14.0. The van der Waals surface area contributed by atoms with E-state index < -0.39 is 0 Å². The molecule has 1 N–H and O–H groups in total. The van der Waals surface area contributed by atoms with Crippen LogP contribution in [0, 0.1) is 13.8 Å².